The molecule has 0 saturated heterocycles. The van der Waals surface area contributed by atoms with Gasteiger partial charge in [0.1, 0.15) is 0 Å². The van der Waals surface area contributed by atoms with Gasteiger partial charge in [-0.25, -0.2) is 4.79 Å². The number of carboxylic acid groups (broad SMARTS) is 2. The second-order valence-electron chi connectivity index (χ2n) is 1.69. The zero-order chi connectivity index (χ0) is 8.36. The molecule has 4 nitrogen and oxygen atoms in total. The molecule has 0 heterocycles. The summed E-state index contributed by atoms with van der Waals surface area (Å²) in [4.78, 5) is 20.1. The molecule has 2 N–H and O–H groups in total. The molecule has 0 amide bonds. The molecule has 0 bridgehead atoms. The third kappa shape index (κ3) is 8.25. The van der Waals surface area contributed by atoms with Crippen LogP contribution in [0.2, 0.25) is 0 Å². The smallest absolute Gasteiger partial charge is 1.00 e. The van der Waals surface area contributed by atoms with Crippen molar-refractivity contribution in [1.82, 2.24) is 0 Å². The zero-order valence-electron chi connectivity index (χ0n) is 8.81. The van der Waals surface area contributed by atoms with Gasteiger partial charge < -0.3 is 13.1 Å². The van der Waals surface area contributed by atoms with Crippen LogP contribution in [0.15, 0.2) is 0 Å². The molecular formula is C4H8Na2O4S2. The number of hydrogen-bond acceptors (Lipinski definition) is 4. The second-order valence-corrected chi connectivity index (χ2v) is 3.57. The molecule has 0 saturated carbocycles. The van der Waals surface area contributed by atoms with Crippen LogP contribution in [0.3, 0.4) is 0 Å². The van der Waals surface area contributed by atoms with Gasteiger partial charge >= 0.3 is 71.1 Å². The number of carboxylic acids is 2. The van der Waals surface area contributed by atoms with Gasteiger partial charge in [0, 0.05) is 0 Å². The van der Waals surface area contributed by atoms with Crippen LogP contribution in [0, 0.1) is 0 Å². The largest absolute Gasteiger partial charge is 1.00 e. The molecule has 0 aliphatic rings. The quantitative estimate of drug-likeness (QED) is 0.221. The first-order valence-electron chi connectivity index (χ1n) is 2.26. The third-order valence-corrected chi connectivity index (χ3v) is 1.44. The van der Waals surface area contributed by atoms with E-state index in [1.807, 2.05) is 0 Å². The molecule has 0 radical (unpaired) electrons. The van der Waals surface area contributed by atoms with Gasteiger partial charge in [-0.2, -0.15) is 0 Å². The Labute approximate surface area is 128 Å². The minimum absolute atomic E-state index is 0. The Morgan fingerprint density at radius 2 is 1.58 bits per heavy atom. The fourth-order valence-corrected chi connectivity index (χ4v) is 0.557. The Kier molecular flexibility index (Phi) is 12.8. The normalized spacial score (nSPS) is 9.17. The number of hydrogen-bond donors (Lipinski definition) is 4. The summed E-state index contributed by atoms with van der Waals surface area (Å²) in [5, 5.41) is 16.4. The third-order valence-electron chi connectivity index (χ3n) is 0.740. The van der Waals surface area contributed by atoms with Crippen LogP contribution < -0.4 is 59.1 Å². The maximum absolute atomic E-state index is 10.1. The van der Waals surface area contributed by atoms with Crippen molar-refractivity contribution in [2.45, 2.75) is 10.5 Å². The fraction of sp³-hybridized carbons (Fsp3) is 0.500. The Balaban J connectivity index is -0.0000000675. The first-order chi connectivity index (χ1) is 4.36. The maximum Gasteiger partial charge on any atom is 1.00 e. The Morgan fingerprint density at radius 3 is 1.67 bits per heavy atom. The summed E-state index contributed by atoms with van der Waals surface area (Å²) in [7, 11) is 0. The molecule has 62 valence electrons. The van der Waals surface area contributed by atoms with E-state index >= 15 is 0 Å². The van der Waals surface area contributed by atoms with Gasteiger partial charge in [-0.1, -0.05) is 0 Å². The molecule has 0 aromatic carbocycles. The van der Waals surface area contributed by atoms with Gasteiger partial charge in [-0.05, 0) is 0 Å². The monoisotopic (exact) mass is 230 g/mol. The predicted molar refractivity (Wildman–Crippen MR) is 42.8 cm³/mol. The second kappa shape index (κ2) is 7.99. The van der Waals surface area contributed by atoms with Gasteiger partial charge in [0.2, 0.25) is 0 Å². The van der Waals surface area contributed by atoms with Crippen LogP contribution in [-0.2, 0) is 9.59 Å². The first-order valence-corrected chi connectivity index (χ1v) is 3.15. The number of rotatable bonds is 3. The van der Waals surface area contributed by atoms with Crippen molar-refractivity contribution in [2.75, 3.05) is 0 Å². The summed E-state index contributed by atoms with van der Waals surface area (Å²) >= 11 is 7.01. The molecule has 0 spiro atoms. The minimum Gasteiger partial charge on any atom is -1.00 e. The van der Waals surface area contributed by atoms with Crippen LogP contribution in [0.5, 0.6) is 0 Å². The minimum atomic E-state index is -1.77. The molecule has 12 heavy (non-hydrogen) atoms. The van der Waals surface area contributed by atoms with Crippen molar-refractivity contribution >= 4 is 37.2 Å². The van der Waals surface area contributed by atoms with E-state index < -0.39 is 22.4 Å². The predicted octanol–water partition coefficient (Wildman–Crippen LogP) is -5.67. The molecule has 0 aromatic heterocycles. The van der Waals surface area contributed by atoms with Gasteiger partial charge in [0.15, 0.2) is 4.08 Å². The van der Waals surface area contributed by atoms with E-state index in [9.17, 15) is 9.59 Å². The van der Waals surface area contributed by atoms with Crippen molar-refractivity contribution < 1.29 is 81.8 Å². The number of carbonyl (C=O) groups is 2. The summed E-state index contributed by atoms with van der Waals surface area (Å²) in [6.45, 7) is 0. The van der Waals surface area contributed by atoms with Crippen LogP contribution in [0.1, 0.15) is 9.27 Å². The van der Waals surface area contributed by atoms with Crippen LogP contribution in [0.25, 0.3) is 0 Å². The average molecular weight is 230 g/mol. The number of thiol groups is 2. The van der Waals surface area contributed by atoms with Gasteiger partial charge in [-0.15, -0.1) is 25.3 Å². The number of aliphatic carboxylic acids is 2. The fourth-order valence-electron chi connectivity index (χ4n) is 0.286. The molecule has 8 heteroatoms. The Morgan fingerprint density at radius 1 is 1.25 bits per heavy atom. The molecule has 0 aromatic rings. The van der Waals surface area contributed by atoms with Crippen molar-refractivity contribution in [3.8, 4) is 0 Å². The maximum atomic E-state index is 10.1. The van der Waals surface area contributed by atoms with Crippen molar-refractivity contribution in [1.29, 1.82) is 0 Å². The first kappa shape index (κ1) is 19.2. The molecule has 0 atom stereocenters. The van der Waals surface area contributed by atoms with E-state index in [4.69, 9.17) is 10.2 Å². The van der Waals surface area contributed by atoms with Gasteiger partial charge in [0.25, 0.3) is 0 Å². The van der Waals surface area contributed by atoms with Crippen molar-refractivity contribution in [2.24, 2.45) is 0 Å². The summed E-state index contributed by atoms with van der Waals surface area (Å²) in [5.74, 6) is -2.60. The summed E-state index contributed by atoms with van der Waals surface area (Å²) in [5.41, 5.74) is 0. The zero-order valence-corrected chi connectivity index (χ0v) is 12.6. The summed E-state index contributed by atoms with van der Waals surface area (Å²) in [6.07, 6.45) is -0.617. The van der Waals surface area contributed by atoms with E-state index in [0.717, 1.165) is 0 Å². The standard InChI is InChI=1S/C4H6O4S2.2Na.2H/c5-2(6)1-4(9,10)3(7)8;;;;/h9-10H,1H2,(H,5,6)(H,7,8);;;;/q;2*+1;2*-1. The average Bonchev–Trinajstić information content (AvgIpc) is 1.60. The molecule has 0 aliphatic heterocycles. The molecule has 0 fully saturated rings. The van der Waals surface area contributed by atoms with Crippen LogP contribution in [-0.4, -0.2) is 26.2 Å². The summed E-state index contributed by atoms with van der Waals surface area (Å²) in [6, 6.07) is 0. The van der Waals surface area contributed by atoms with Crippen molar-refractivity contribution in [3.05, 3.63) is 0 Å². The van der Waals surface area contributed by atoms with E-state index in [1.165, 1.54) is 0 Å². The van der Waals surface area contributed by atoms with E-state index in [-0.39, 0.29) is 62.0 Å². The Hall–Kier alpha value is 1.64. The Bertz CT molecular complexity index is 181. The molecule has 0 rings (SSSR count). The summed E-state index contributed by atoms with van der Waals surface area (Å²) < 4.78 is -1.77. The van der Waals surface area contributed by atoms with E-state index in [2.05, 4.69) is 25.3 Å². The van der Waals surface area contributed by atoms with Crippen LogP contribution >= 0.6 is 25.3 Å². The van der Waals surface area contributed by atoms with Gasteiger partial charge in [0.05, 0.1) is 6.42 Å². The van der Waals surface area contributed by atoms with Crippen molar-refractivity contribution in [3.63, 3.8) is 0 Å². The van der Waals surface area contributed by atoms with E-state index in [0.29, 0.717) is 0 Å². The van der Waals surface area contributed by atoms with E-state index in [1.54, 1.807) is 0 Å². The topological polar surface area (TPSA) is 74.6 Å². The molecule has 0 aliphatic carbocycles. The molecule has 0 unspecified atom stereocenters. The van der Waals surface area contributed by atoms with Crippen LogP contribution in [0.4, 0.5) is 0 Å². The molecular weight excluding hydrogens is 222 g/mol. The van der Waals surface area contributed by atoms with Gasteiger partial charge in [-0.3, -0.25) is 4.79 Å². The SMILES string of the molecule is O=C(O)CC(S)(S)C(=O)O.[H-].[H-].[Na+].[Na+].